The molecular weight excluding hydrogens is 412 g/mol. The molecular formula is C27H28N4O2. The van der Waals surface area contributed by atoms with Crippen molar-refractivity contribution in [2.24, 2.45) is 7.05 Å². The number of morpholine rings is 1. The van der Waals surface area contributed by atoms with Crippen molar-refractivity contribution in [2.75, 3.05) is 26.3 Å². The lowest BCUT2D eigenvalue weighted by molar-refractivity contribution is 0.0332. The number of ether oxygens (including phenoxy) is 1. The van der Waals surface area contributed by atoms with Crippen LogP contribution in [-0.2, 0) is 24.8 Å². The second-order valence-electron chi connectivity index (χ2n) is 8.72. The van der Waals surface area contributed by atoms with Crippen LogP contribution < -0.4 is 0 Å². The standard InChI is InChI=1S/C27H28N4O2/c1-19-3-5-20(6-4-19)27(32)15-24-14-23-13-21(7-8-22(23)16-28-24)25-17-29-30(2)26(25)18-31-9-11-33-12-10-31/h3-8,13-14,16-17H,9-12,15,18H2,1-2H3. The van der Waals surface area contributed by atoms with E-state index in [0.29, 0.717) is 6.42 Å². The number of aryl methyl sites for hydroxylation is 2. The maximum atomic E-state index is 12.7. The predicted octanol–water partition coefficient (Wildman–Crippen LogP) is 4.20. The monoisotopic (exact) mass is 440 g/mol. The summed E-state index contributed by atoms with van der Waals surface area (Å²) in [6.07, 6.45) is 4.09. The van der Waals surface area contributed by atoms with Crippen molar-refractivity contribution in [1.82, 2.24) is 19.7 Å². The fourth-order valence-electron chi connectivity index (χ4n) is 4.32. The molecule has 0 unspecified atom stereocenters. The van der Waals surface area contributed by atoms with Gasteiger partial charge in [0.2, 0.25) is 0 Å². The van der Waals surface area contributed by atoms with Crippen LogP contribution in [0.25, 0.3) is 21.9 Å². The maximum Gasteiger partial charge on any atom is 0.168 e. The Morgan fingerprint density at radius 1 is 1.00 bits per heavy atom. The molecule has 0 atom stereocenters. The van der Waals surface area contributed by atoms with Crippen LogP contribution in [-0.4, -0.2) is 51.8 Å². The number of aromatic nitrogens is 3. The van der Waals surface area contributed by atoms with Crippen LogP contribution >= 0.6 is 0 Å². The number of carbonyl (C=O) groups is 1. The Hall–Kier alpha value is -3.35. The minimum absolute atomic E-state index is 0.0815. The Balaban J connectivity index is 1.41. The lowest BCUT2D eigenvalue weighted by atomic mass is 10.0. The largest absolute Gasteiger partial charge is 0.379 e. The lowest BCUT2D eigenvalue weighted by Crippen LogP contribution is -2.36. The number of nitrogens with zero attached hydrogens (tertiary/aromatic N) is 4. The molecule has 1 saturated heterocycles. The number of hydrogen-bond acceptors (Lipinski definition) is 5. The minimum Gasteiger partial charge on any atom is -0.379 e. The summed E-state index contributed by atoms with van der Waals surface area (Å²) in [4.78, 5) is 19.7. The maximum absolute atomic E-state index is 12.7. The van der Waals surface area contributed by atoms with Gasteiger partial charge in [0.05, 0.1) is 31.5 Å². The van der Waals surface area contributed by atoms with E-state index >= 15 is 0 Å². The highest BCUT2D eigenvalue weighted by Gasteiger charge is 2.17. The normalized spacial score (nSPS) is 14.6. The van der Waals surface area contributed by atoms with Crippen molar-refractivity contribution < 1.29 is 9.53 Å². The zero-order valence-electron chi connectivity index (χ0n) is 19.1. The first-order valence-corrected chi connectivity index (χ1v) is 11.4. The first kappa shape index (κ1) is 21.5. The Bertz CT molecular complexity index is 1290. The highest BCUT2D eigenvalue weighted by atomic mass is 16.5. The van der Waals surface area contributed by atoms with Gasteiger partial charge in [0, 0.05) is 55.1 Å². The third kappa shape index (κ3) is 4.72. The number of benzene rings is 2. The second kappa shape index (κ2) is 9.25. The molecule has 33 heavy (non-hydrogen) atoms. The summed E-state index contributed by atoms with van der Waals surface area (Å²) >= 11 is 0. The first-order valence-electron chi connectivity index (χ1n) is 11.4. The van der Waals surface area contributed by atoms with Crippen LogP contribution in [0, 0.1) is 6.92 Å². The Labute approximate surface area is 193 Å². The number of fused-ring (bicyclic) bond motifs is 1. The summed E-state index contributed by atoms with van der Waals surface area (Å²) in [5, 5.41) is 6.68. The molecule has 0 N–H and O–H groups in total. The topological polar surface area (TPSA) is 60.2 Å². The Morgan fingerprint density at radius 2 is 1.79 bits per heavy atom. The van der Waals surface area contributed by atoms with Gasteiger partial charge in [0.1, 0.15) is 0 Å². The van der Waals surface area contributed by atoms with E-state index in [-0.39, 0.29) is 5.78 Å². The van der Waals surface area contributed by atoms with E-state index in [1.54, 1.807) is 0 Å². The van der Waals surface area contributed by atoms with Gasteiger partial charge in [-0.2, -0.15) is 5.10 Å². The van der Waals surface area contributed by atoms with Crippen molar-refractivity contribution in [2.45, 2.75) is 19.9 Å². The van der Waals surface area contributed by atoms with E-state index in [4.69, 9.17) is 4.74 Å². The second-order valence-corrected chi connectivity index (χ2v) is 8.72. The number of rotatable bonds is 6. The van der Waals surface area contributed by atoms with Gasteiger partial charge in [-0.15, -0.1) is 0 Å². The molecule has 0 bridgehead atoms. The zero-order chi connectivity index (χ0) is 22.8. The molecule has 1 fully saturated rings. The van der Waals surface area contributed by atoms with Gasteiger partial charge < -0.3 is 4.74 Å². The number of ketones is 1. The summed E-state index contributed by atoms with van der Waals surface area (Å²) in [5.74, 6) is 0.0815. The lowest BCUT2D eigenvalue weighted by Gasteiger charge is -2.27. The molecule has 2 aromatic heterocycles. The molecule has 3 heterocycles. The first-order chi connectivity index (χ1) is 16.1. The molecule has 5 rings (SSSR count). The van der Waals surface area contributed by atoms with Gasteiger partial charge in [-0.3, -0.25) is 19.4 Å². The van der Waals surface area contributed by atoms with Crippen LogP contribution in [0.4, 0.5) is 0 Å². The quantitative estimate of drug-likeness (QED) is 0.421. The predicted molar refractivity (Wildman–Crippen MR) is 129 cm³/mol. The van der Waals surface area contributed by atoms with Crippen LogP contribution in [0.3, 0.4) is 0 Å². The van der Waals surface area contributed by atoms with Crippen LogP contribution in [0.2, 0.25) is 0 Å². The van der Waals surface area contributed by atoms with E-state index in [9.17, 15) is 4.79 Å². The van der Waals surface area contributed by atoms with Gasteiger partial charge >= 0.3 is 0 Å². The minimum atomic E-state index is 0.0815. The van der Waals surface area contributed by atoms with Crippen molar-refractivity contribution >= 4 is 16.6 Å². The molecule has 4 aromatic rings. The number of hydrogen-bond donors (Lipinski definition) is 0. The summed E-state index contributed by atoms with van der Waals surface area (Å²) in [5.41, 5.74) is 6.11. The summed E-state index contributed by atoms with van der Waals surface area (Å²) in [6, 6.07) is 16.1. The molecule has 1 aliphatic heterocycles. The molecule has 0 aliphatic carbocycles. The van der Waals surface area contributed by atoms with Crippen LogP contribution in [0.1, 0.15) is 27.3 Å². The van der Waals surface area contributed by atoms with Crippen molar-refractivity contribution in [3.05, 3.63) is 83.4 Å². The fraction of sp³-hybridized carbons (Fsp3) is 0.296. The molecule has 6 nitrogen and oxygen atoms in total. The Morgan fingerprint density at radius 3 is 2.58 bits per heavy atom. The van der Waals surface area contributed by atoms with Gasteiger partial charge in [0.15, 0.2) is 5.78 Å². The molecule has 0 saturated carbocycles. The molecule has 1 aliphatic rings. The van der Waals surface area contributed by atoms with E-state index in [1.165, 1.54) is 5.69 Å². The van der Waals surface area contributed by atoms with E-state index in [1.807, 2.05) is 61.4 Å². The highest BCUT2D eigenvalue weighted by molar-refractivity contribution is 5.98. The summed E-state index contributed by atoms with van der Waals surface area (Å²) < 4.78 is 7.46. The number of carbonyl (C=O) groups excluding carboxylic acids is 1. The van der Waals surface area contributed by atoms with Crippen LogP contribution in [0.5, 0.6) is 0 Å². The van der Waals surface area contributed by atoms with Gasteiger partial charge in [-0.05, 0) is 30.0 Å². The highest BCUT2D eigenvalue weighted by Crippen LogP contribution is 2.28. The number of Topliss-reactive ketones (excluding diaryl/α,β-unsaturated/α-hetero) is 1. The fourth-order valence-corrected chi connectivity index (χ4v) is 4.32. The van der Waals surface area contributed by atoms with Crippen molar-refractivity contribution in [3.63, 3.8) is 0 Å². The van der Waals surface area contributed by atoms with E-state index < -0.39 is 0 Å². The van der Waals surface area contributed by atoms with Gasteiger partial charge in [-0.1, -0.05) is 42.0 Å². The summed E-state index contributed by atoms with van der Waals surface area (Å²) in [7, 11) is 2.00. The zero-order valence-corrected chi connectivity index (χ0v) is 19.1. The SMILES string of the molecule is Cc1ccc(C(=O)Cc2cc3cc(-c4cnn(C)c4CN4CCOCC4)ccc3cn2)cc1. The van der Waals surface area contributed by atoms with Crippen molar-refractivity contribution in [3.8, 4) is 11.1 Å². The summed E-state index contributed by atoms with van der Waals surface area (Å²) in [6.45, 7) is 6.30. The number of pyridine rings is 1. The molecule has 6 heteroatoms. The third-order valence-electron chi connectivity index (χ3n) is 6.34. The van der Waals surface area contributed by atoms with Gasteiger partial charge in [-0.25, -0.2) is 0 Å². The van der Waals surface area contributed by atoms with Gasteiger partial charge in [0.25, 0.3) is 0 Å². The van der Waals surface area contributed by atoms with Crippen LogP contribution in [0.15, 0.2) is 60.9 Å². The molecule has 0 radical (unpaired) electrons. The average molecular weight is 441 g/mol. The van der Waals surface area contributed by atoms with Crippen molar-refractivity contribution in [1.29, 1.82) is 0 Å². The third-order valence-corrected chi connectivity index (χ3v) is 6.34. The smallest absolute Gasteiger partial charge is 0.168 e. The van der Waals surface area contributed by atoms with E-state index in [2.05, 4.69) is 33.2 Å². The molecule has 0 amide bonds. The van der Waals surface area contributed by atoms with E-state index in [0.717, 1.165) is 71.6 Å². The average Bonchev–Trinajstić information content (AvgIpc) is 3.19. The molecule has 0 spiro atoms. The molecule has 2 aromatic carbocycles. The Kier molecular flexibility index (Phi) is 6.03. The molecule has 168 valence electrons.